The molecule has 17 heavy (non-hydrogen) atoms. The predicted octanol–water partition coefficient (Wildman–Crippen LogP) is 3.20. The van der Waals surface area contributed by atoms with E-state index in [9.17, 15) is 18.0 Å². The zero-order chi connectivity index (χ0) is 12.7. The fourth-order valence-corrected chi connectivity index (χ4v) is 2.35. The van der Waals surface area contributed by atoms with Crippen LogP contribution in [0.3, 0.4) is 0 Å². The van der Waals surface area contributed by atoms with E-state index in [1.54, 1.807) is 13.0 Å². The van der Waals surface area contributed by atoms with Crippen molar-refractivity contribution < 1.29 is 18.0 Å². The summed E-state index contributed by atoms with van der Waals surface area (Å²) in [5, 5.41) is 0. The summed E-state index contributed by atoms with van der Waals surface area (Å²) in [6.45, 7) is 1.66. The molecule has 0 spiro atoms. The third-order valence-corrected chi connectivity index (χ3v) is 3.22. The molecule has 1 aromatic rings. The molecule has 1 aromatic carbocycles. The Morgan fingerprint density at radius 2 is 2.12 bits per heavy atom. The lowest BCUT2D eigenvalue weighted by molar-refractivity contribution is -0.138. The van der Waals surface area contributed by atoms with Gasteiger partial charge >= 0.3 is 6.18 Å². The summed E-state index contributed by atoms with van der Waals surface area (Å²) in [4.78, 5) is 14.0. The van der Waals surface area contributed by atoms with Crippen LogP contribution in [-0.4, -0.2) is 6.08 Å². The highest BCUT2D eigenvalue weighted by atomic mass is 19.4. The fraction of sp³-hybridized carbons (Fsp3) is 0.417. The van der Waals surface area contributed by atoms with Gasteiger partial charge in [0.15, 0.2) is 0 Å². The second kappa shape index (κ2) is 3.70. The van der Waals surface area contributed by atoms with E-state index in [2.05, 4.69) is 4.99 Å². The van der Waals surface area contributed by atoms with Crippen molar-refractivity contribution in [2.45, 2.75) is 31.5 Å². The van der Waals surface area contributed by atoms with Crippen LogP contribution in [0, 0.1) is 0 Å². The summed E-state index contributed by atoms with van der Waals surface area (Å²) in [5.41, 5.74) is -0.754. The minimum absolute atomic E-state index is 0.251. The van der Waals surface area contributed by atoms with Gasteiger partial charge in [-0.1, -0.05) is 12.1 Å². The van der Waals surface area contributed by atoms with Gasteiger partial charge in [0.2, 0.25) is 6.08 Å². The van der Waals surface area contributed by atoms with Crippen molar-refractivity contribution in [3.05, 3.63) is 34.9 Å². The van der Waals surface area contributed by atoms with Crippen LogP contribution in [-0.2, 0) is 22.9 Å². The van der Waals surface area contributed by atoms with Gasteiger partial charge in [0.1, 0.15) is 0 Å². The molecule has 0 bridgehead atoms. The maximum atomic E-state index is 12.8. The van der Waals surface area contributed by atoms with Crippen molar-refractivity contribution in [1.82, 2.24) is 0 Å². The van der Waals surface area contributed by atoms with Crippen LogP contribution in [0.4, 0.5) is 13.2 Å². The largest absolute Gasteiger partial charge is 0.416 e. The minimum atomic E-state index is -4.36. The van der Waals surface area contributed by atoms with Crippen molar-refractivity contribution in [3.8, 4) is 0 Å². The van der Waals surface area contributed by atoms with Crippen molar-refractivity contribution in [3.63, 3.8) is 0 Å². The van der Waals surface area contributed by atoms with E-state index in [1.807, 2.05) is 0 Å². The number of aliphatic imine (C=N–C) groups is 1. The van der Waals surface area contributed by atoms with Crippen LogP contribution in [0.2, 0.25) is 0 Å². The first-order valence-electron chi connectivity index (χ1n) is 5.17. The lowest BCUT2D eigenvalue weighted by atomic mass is 9.93. The lowest BCUT2D eigenvalue weighted by Gasteiger charge is -2.18. The topological polar surface area (TPSA) is 29.4 Å². The van der Waals surface area contributed by atoms with Crippen LogP contribution >= 0.6 is 0 Å². The number of halogens is 3. The number of carbonyl (C=O) groups excluding carboxylic acids is 1. The highest BCUT2D eigenvalue weighted by Crippen LogP contribution is 2.44. The van der Waals surface area contributed by atoms with E-state index >= 15 is 0 Å². The molecular formula is C12H10F3NO. The van der Waals surface area contributed by atoms with Crippen molar-refractivity contribution in [2.75, 3.05) is 0 Å². The Balaban J connectivity index is 2.61. The molecule has 0 aliphatic heterocycles. The Bertz CT molecular complexity index is 503. The number of hydrogen-bond donors (Lipinski definition) is 0. The molecule has 0 N–H and O–H groups in total. The van der Waals surface area contributed by atoms with Gasteiger partial charge in [-0.25, -0.2) is 4.79 Å². The molecule has 0 fully saturated rings. The third kappa shape index (κ3) is 1.87. The Morgan fingerprint density at radius 1 is 1.41 bits per heavy atom. The van der Waals surface area contributed by atoms with E-state index < -0.39 is 17.3 Å². The molecule has 2 rings (SSSR count). The first-order valence-corrected chi connectivity index (χ1v) is 5.17. The zero-order valence-corrected chi connectivity index (χ0v) is 9.14. The van der Waals surface area contributed by atoms with Gasteiger partial charge in [-0.05, 0) is 37.0 Å². The molecule has 1 aliphatic carbocycles. The monoisotopic (exact) mass is 241 g/mol. The van der Waals surface area contributed by atoms with E-state index in [-0.39, 0.29) is 12.0 Å². The van der Waals surface area contributed by atoms with Gasteiger partial charge in [0.25, 0.3) is 0 Å². The first kappa shape index (κ1) is 11.9. The maximum absolute atomic E-state index is 12.8. The van der Waals surface area contributed by atoms with Crippen molar-refractivity contribution in [2.24, 2.45) is 4.99 Å². The normalized spacial score (nSPS) is 23.1. The number of isocyanates is 1. The number of hydrogen-bond acceptors (Lipinski definition) is 2. The molecule has 2 nitrogen and oxygen atoms in total. The summed E-state index contributed by atoms with van der Waals surface area (Å²) in [6, 6.07) is 4.01. The van der Waals surface area contributed by atoms with E-state index in [0.717, 1.165) is 6.07 Å². The first-order chi connectivity index (χ1) is 7.88. The SMILES string of the molecule is CC1(N=C=O)CCc2c(C(F)(F)F)cccc21. The molecule has 90 valence electrons. The van der Waals surface area contributed by atoms with Gasteiger partial charge in [0.05, 0.1) is 11.1 Å². The molecule has 0 amide bonds. The van der Waals surface area contributed by atoms with E-state index in [0.29, 0.717) is 12.0 Å². The number of alkyl halides is 3. The van der Waals surface area contributed by atoms with Gasteiger partial charge in [-0.15, -0.1) is 0 Å². The maximum Gasteiger partial charge on any atom is 0.416 e. The van der Waals surface area contributed by atoms with E-state index in [1.165, 1.54) is 12.1 Å². The molecule has 0 radical (unpaired) electrons. The Hall–Kier alpha value is -1.61. The second-order valence-corrected chi connectivity index (χ2v) is 4.31. The number of fused-ring (bicyclic) bond motifs is 1. The Labute approximate surface area is 96.2 Å². The van der Waals surface area contributed by atoms with Gasteiger partial charge in [0, 0.05) is 0 Å². The third-order valence-electron chi connectivity index (χ3n) is 3.22. The van der Waals surface area contributed by atoms with Crippen LogP contribution in [0.25, 0.3) is 0 Å². The molecule has 0 saturated heterocycles. The number of nitrogens with zero attached hydrogens (tertiary/aromatic N) is 1. The molecule has 0 heterocycles. The number of rotatable bonds is 1. The molecule has 1 atom stereocenters. The molecule has 5 heteroatoms. The summed E-state index contributed by atoms with van der Waals surface area (Å²) in [6.07, 6.45) is -2.22. The van der Waals surface area contributed by atoms with Crippen LogP contribution in [0.5, 0.6) is 0 Å². The Kier molecular flexibility index (Phi) is 2.59. The summed E-state index contributed by atoms with van der Waals surface area (Å²) >= 11 is 0. The van der Waals surface area contributed by atoms with E-state index in [4.69, 9.17) is 0 Å². The Morgan fingerprint density at radius 3 is 2.71 bits per heavy atom. The highest BCUT2D eigenvalue weighted by Gasteiger charge is 2.41. The van der Waals surface area contributed by atoms with Crippen LogP contribution < -0.4 is 0 Å². The van der Waals surface area contributed by atoms with Gasteiger partial charge < -0.3 is 0 Å². The zero-order valence-electron chi connectivity index (χ0n) is 9.14. The average Bonchev–Trinajstić information content (AvgIpc) is 2.56. The average molecular weight is 241 g/mol. The highest BCUT2D eigenvalue weighted by molar-refractivity contribution is 5.47. The predicted molar refractivity (Wildman–Crippen MR) is 55.2 cm³/mol. The molecule has 0 aromatic heterocycles. The quantitative estimate of drug-likeness (QED) is 0.548. The number of benzene rings is 1. The van der Waals surface area contributed by atoms with Gasteiger partial charge in [-0.3, -0.25) is 0 Å². The second-order valence-electron chi connectivity index (χ2n) is 4.31. The van der Waals surface area contributed by atoms with Gasteiger partial charge in [-0.2, -0.15) is 18.2 Å². The molecule has 1 unspecified atom stereocenters. The molecule has 0 saturated carbocycles. The minimum Gasteiger partial charge on any atom is -0.211 e. The summed E-state index contributed by atoms with van der Waals surface area (Å²) in [5.74, 6) is 0. The summed E-state index contributed by atoms with van der Waals surface area (Å²) in [7, 11) is 0. The molecule has 1 aliphatic rings. The smallest absolute Gasteiger partial charge is 0.211 e. The van der Waals surface area contributed by atoms with Crippen LogP contribution in [0.15, 0.2) is 23.2 Å². The van der Waals surface area contributed by atoms with Crippen molar-refractivity contribution in [1.29, 1.82) is 0 Å². The lowest BCUT2D eigenvalue weighted by Crippen LogP contribution is -2.15. The fourth-order valence-electron chi connectivity index (χ4n) is 2.35. The molecular weight excluding hydrogens is 231 g/mol. The van der Waals surface area contributed by atoms with Crippen LogP contribution in [0.1, 0.15) is 30.0 Å². The standard InChI is InChI=1S/C12H10F3NO/c1-11(16-7-17)6-5-8-9(11)3-2-4-10(8)12(13,14)15/h2-4H,5-6H2,1H3. The summed E-state index contributed by atoms with van der Waals surface area (Å²) < 4.78 is 38.3. The van der Waals surface area contributed by atoms with Crippen molar-refractivity contribution >= 4 is 6.08 Å².